The number of rotatable bonds is 3. The first kappa shape index (κ1) is 6.95. The Balaban J connectivity index is 0. The van der Waals surface area contributed by atoms with Gasteiger partial charge >= 0.3 is 0 Å². The van der Waals surface area contributed by atoms with Gasteiger partial charge in [0, 0.05) is 8.47 Å². The third kappa shape index (κ3) is 2.18. The number of aliphatic imine (C=N–C) groups is 1. The van der Waals surface area contributed by atoms with Crippen LogP contribution in [0.3, 0.4) is 0 Å². The standard InChI is InChI=1S/C6H10N2.H2/c1-4-5-6(7-2)8-3;/h4-5,8H,1-2H2,3H3;1H/b6-5+;. The maximum Gasteiger partial charge on any atom is 0.124 e. The van der Waals surface area contributed by atoms with Crippen LogP contribution in [-0.2, 0) is 0 Å². The molecule has 0 aromatic heterocycles. The van der Waals surface area contributed by atoms with E-state index in [9.17, 15) is 0 Å². The van der Waals surface area contributed by atoms with Crippen molar-refractivity contribution >= 4 is 6.72 Å². The normalized spacial score (nSPS) is 10.4. The van der Waals surface area contributed by atoms with Crippen LogP contribution in [0.5, 0.6) is 0 Å². The molecule has 0 fully saturated rings. The first-order chi connectivity index (χ1) is 3.85. The van der Waals surface area contributed by atoms with Gasteiger partial charge in [-0.25, -0.2) is 4.99 Å². The molecule has 8 heavy (non-hydrogen) atoms. The molecular formula is C6H12N2. The van der Waals surface area contributed by atoms with Crippen molar-refractivity contribution in [2.24, 2.45) is 4.99 Å². The fourth-order valence-electron chi connectivity index (χ4n) is 0.327. The van der Waals surface area contributed by atoms with Gasteiger partial charge in [-0.15, -0.1) is 0 Å². The lowest BCUT2D eigenvalue weighted by Crippen LogP contribution is -2.01. The molecule has 0 saturated heterocycles. The van der Waals surface area contributed by atoms with E-state index < -0.39 is 0 Å². The summed E-state index contributed by atoms with van der Waals surface area (Å²) in [5.41, 5.74) is 0. The number of hydrogen-bond donors (Lipinski definition) is 1. The second kappa shape index (κ2) is 4.12. The zero-order valence-corrected chi connectivity index (χ0v) is 5.02. The molecule has 0 aliphatic carbocycles. The maximum atomic E-state index is 3.62. The van der Waals surface area contributed by atoms with Crippen molar-refractivity contribution in [3.05, 3.63) is 24.6 Å². The predicted molar refractivity (Wildman–Crippen MR) is 39.0 cm³/mol. The van der Waals surface area contributed by atoms with E-state index in [0.29, 0.717) is 0 Å². The lowest BCUT2D eigenvalue weighted by molar-refractivity contribution is 0.971. The minimum atomic E-state index is 0. The first-order valence-corrected chi connectivity index (χ1v) is 2.32. The molecule has 2 heteroatoms. The smallest absolute Gasteiger partial charge is 0.124 e. The summed E-state index contributed by atoms with van der Waals surface area (Å²) in [4.78, 5) is 3.62. The SMILES string of the molecule is C=C/C=C(\N=C)NC.[HH]. The lowest BCUT2D eigenvalue weighted by Gasteiger charge is -1.93. The summed E-state index contributed by atoms with van der Waals surface area (Å²) < 4.78 is 0. The molecule has 0 aliphatic rings. The average Bonchev–Trinajstić information content (AvgIpc) is 1.83. The number of allylic oxidation sites excluding steroid dienone is 2. The first-order valence-electron chi connectivity index (χ1n) is 2.32. The second-order valence-corrected chi connectivity index (χ2v) is 1.20. The minimum absolute atomic E-state index is 0. The van der Waals surface area contributed by atoms with Gasteiger partial charge in [0.1, 0.15) is 5.82 Å². The summed E-state index contributed by atoms with van der Waals surface area (Å²) in [6.07, 6.45) is 3.40. The van der Waals surface area contributed by atoms with E-state index in [0.717, 1.165) is 5.82 Å². The van der Waals surface area contributed by atoms with Crippen LogP contribution >= 0.6 is 0 Å². The molecule has 0 radical (unpaired) electrons. The van der Waals surface area contributed by atoms with Crippen LogP contribution < -0.4 is 5.32 Å². The van der Waals surface area contributed by atoms with E-state index >= 15 is 0 Å². The van der Waals surface area contributed by atoms with Crippen LogP contribution in [0.1, 0.15) is 1.43 Å². The Morgan fingerprint density at radius 1 is 1.88 bits per heavy atom. The van der Waals surface area contributed by atoms with Crippen molar-refractivity contribution < 1.29 is 1.43 Å². The Hall–Kier alpha value is -1.05. The highest BCUT2D eigenvalue weighted by Gasteiger charge is 1.77. The van der Waals surface area contributed by atoms with Crippen molar-refractivity contribution in [2.75, 3.05) is 7.05 Å². The molecule has 0 amide bonds. The monoisotopic (exact) mass is 112 g/mol. The molecule has 1 N–H and O–H groups in total. The van der Waals surface area contributed by atoms with Gasteiger partial charge in [-0.2, -0.15) is 0 Å². The highest BCUT2D eigenvalue weighted by atomic mass is 15.0. The van der Waals surface area contributed by atoms with Gasteiger partial charge in [0.05, 0.1) is 0 Å². The number of nitrogens with zero attached hydrogens (tertiary/aromatic N) is 1. The molecule has 0 heterocycles. The fourth-order valence-corrected chi connectivity index (χ4v) is 0.327. The fraction of sp³-hybridized carbons (Fsp3) is 0.167. The summed E-state index contributed by atoms with van der Waals surface area (Å²) in [5, 5.41) is 2.81. The van der Waals surface area contributed by atoms with Crippen LogP contribution in [0.2, 0.25) is 0 Å². The number of nitrogens with one attached hydrogen (secondary N) is 1. The van der Waals surface area contributed by atoms with Gasteiger partial charge in [0.2, 0.25) is 0 Å². The van der Waals surface area contributed by atoms with E-state index in [1.807, 2.05) is 0 Å². The van der Waals surface area contributed by atoms with Gasteiger partial charge in [0.25, 0.3) is 0 Å². The Bertz CT molecular complexity index is 118. The van der Waals surface area contributed by atoms with Crippen LogP contribution in [0.4, 0.5) is 0 Å². The van der Waals surface area contributed by atoms with E-state index in [1.54, 1.807) is 19.2 Å². The summed E-state index contributed by atoms with van der Waals surface area (Å²) in [7, 11) is 1.78. The summed E-state index contributed by atoms with van der Waals surface area (Å²) in [5.74, 6) is 0.736. The van der Waals surface area contributed by atoms with Gasteiger partial charge in [-0.05, 0) is 12.8 Å². The molecule has 0 saturated carbocycles. The highest BCUT2D eigenvalue weighted by molar-refractivity contribution is 5.29. The zero-order valence-electron chi connectivity index (χ0n) is 5.02. The molecule has 0 aliphatic heterocycles. The molecule has 2 nitrogen and oxygen atoms in total. The topological polar surface area (TPSA) is 24.4 Å². The van der Waals surface area contributed by atoms with Gasteiger partial charge in [0.15, 0.2) is 0 Å². The molecule has 0 atom stereocenters. The van der Waals surface area contributed by atoms with Crippen molar-refractivity contribution in [1.82, 2.24) is 5.32 Å². The van der Waals surface area contributed by atoms with Crippen LogP contribution in [-0.4, -0.2) is 13.8 Å². The summed E-state index contributed by atoms with van der Waals surface area (Å²) in [6.45, 7) is 6.81. The maximum absolute atomic E-state index is 3.62. The van der Waals surface area contributed by atoms with Crippen molar-refractivity contribution in [2.45, 2.75) is 0 Å². The van der Waals surface area contributed by atoms with E-state index in [1.165, 1.54) is 0 Å². The largest absolute Gasteiger partial charge is 0.373 e. The summed E-state index contributed by atoms with van der Waals surface area (Å²) >= 11 is 0. The van der Waals surface area contributed by atoms with Crippen molar-refractivity contribution in [3.63, 3.8) is 0 Å². The molecule has 0 spiro atoms. The molecule has 0 unspecified atom stereocenters. The Kier molecular flexibility index (Phi) is 3.58. The third-order valence-electron chi connectivity index (χ3n) is 0.702. The highest BCUT2D eigenvalue weighted by Crippen LogP contribution is 1.85. The Labute approximate surface area is 51.1 Å². The van der Waals surface area contributed by atoms with Crippen molar-refractivity contribution in [3.8, 4) is 0 Å². The van der Waals surface area contributed by atoms with Crippen LogP contribution in [0, 0.1) is 0 Å². The van der Waals surface area contributed by atoms with E-state index in [-0.39, 0.29) is 1.43 Å². The Morgan fingerprint density at radius 3 is 2.62 bits per heavy atom. The van der Waals surface area contributed by atoms with Crippen LogP contribution in [0.15, 0.2) is 29.5 Å². The van der Waals surface area contributed by atoms with E-state index in [2.05, 4.69) is 23.6 Å². The quantitative estimate of drug-likeness (QED) is 0.430. The van der Waals surface area contributed by atoms with Gasteiger partial charge < -0.3 is 5.32 Å². The molecule has 0 aromatic rings. The lowest BCUT2D eigenvalue weighted by atomic mass is 10.5. The molecule has 0 aromatic carbocycles. The number of hydrogen-bond acceptors (Lipinski definition) is 2. The predicted octanol–water partition coefficient (Wildman–Crippen LogP) is 1.18. The van der Waals surface area contributed by atoms with Crippen molar-refractivity contribution in [1.29, 1.82) is 0 Å². The third-order valence-corrected chi connectivity index (χ3v) is 0.702. The molecule has 0 bridgehead atoms. The molecule has 0 rings (SSSR count). The zero-order chi connectivity index (χ0) is 6.41. The Morgan fingerprint density at radius 2 is 2.50 bits per heavy atom. The van der Waals surface area contributed by atoms with E-state index in [4.69, 9.17) is 0 Å². The average molecular weight is 112 g/mol. The van der Waals surface area contributed by atoms with Crippen LogP contribution in [0.25, 0.3) is 0 Å². The van der Waals surface area contributed by atoms with Gasteiger partial charge in [-0.3, -0.25) is 0 Å². The molecule has 46 valence electrons. The second-order valence-electron chi connectivity index (χ2n) is 1.20. The minimum Gasteiger partial charge on any atom is -0.373 e. The van der Waals surface area contributed by atoms with Gasteiger partial charge in [-0.1, -0.05) is 12.7 Å². The molecular weight excluding hydrogens is 100 g/mol. The summed E-state index contributed by atoms with van der Waals surface area (Å²) in [6, 6.07) is 0.